The topological polar surface area (TPSA) is 20.2 Å². The molecule has 0 aromatic rings. The number of allylic oxidation sites excluding steroid dienone is 3. The van der Waals surface area contributed by atoms with Crippen LogP contribution in [0.25, 0.3) is 0 Å². The van der Waals surface area contributed by atoms with Crippen molar-refractivity contribution in [1.82, 2.24) is 0 Å². The molecular weight excluding hydrogens is 169 g/mol. The normalized spacial score (nSPS) is 30.2. The molecule has 1 aliphatic carbocycles. The number of hydrogen-bond donors (Lipinski definition) is 1. The van der Waals surface area contributed by atoms with Gasteiger partial charge in [-0.1, -0.05) is 13.0 Å². The molecule has 1 N–H and O–H groups in total. The molecule has 0 spiro atoms. The van der Waals surface area contributed by atoms with Crippen LogP contribution in [0.3, 0.4) is 0 Å². The second-order valence-electron chi connectivity index (χ2n) is 2.88. The van der Waals surface area contributed by atoms with Gasteiger partial charge in [0.2, 0.25) is 0 Å². The van der Waals surface area contributed by atoms with Gasteiger partial charge in [-0.15, -0.1) is 0 Å². The summed E-state index contributed by atoms with van der Waals surface area (Å²) < 4.78 is 36.5. The van der Waals surface area contributed by atoms with E-state index in [0.29, 0.717) is 0 Å². The van der Waals surface area contributed by atoms with E-state index < -0.39 is 18.0 Å². The van der Waals surface area contributed by atoms with E-state index in [4.69, 9.17) is 5.11 Å². The van der Waals surface area contributed by atoms with Crippen LogP contribution in [0.2, 0.25) is 0 Å². The van der Waals surface area contributed by atoms with Crippen LogP contribution in [0.4, 0.5) is 13.2 Å². The summed E-state index contributed by atoms with van der Waals surface area (Å²) in [6.07, 6.45) is -0.941. The van der Waals surface area contributed by atoms with Crippen LogP contribution in [0.1, 0.15) is 6.92 Å². The van der Waals surface area contributed by atoms with Crippen LogP contribution in [0, 0.1) is 11.8 Å². The minimum Gasteiger partial charge on any atom is -0.508 e. The average molecular weight is 178 g/mol. The number of halogens is 3. The first-order valence-corrected chi connectivity index (χ1v) is 3.57. The molecule has 0 aromatic heterocycles. The zero-order chi connectivity index (χ0) is 9.35. The predicted molar refractivity (Wildman–Crippen MR) is 38.6 cm³/mol. The molecule has 0 saturated carbocycles. The van der Waals surface area contributed by atoms with Gasteiger partial charge in [-0.3, -0.25) is 0 Å². The van der Waals surface area contributed by atoms with E-state index in [1.165, 1.54) is 13.0 Å². The third kappa shape index (κ3) is 1.81. The molecule has 1 nitrogen and oxygen atoms in total. The van der Waals surface area contributed by atoms with Gasteiger partial charge in [0.1, 0.15) is 5.76 Å². The molecule has 0 saturated heterocycles. The van der Waals surface area contributed by atoms with Gasteiger partial charge in [0.05, 0.1) is 5.92 Å². The predicted octanol–water partition coefficient (Wildman–Crippen LogP) is 2.81. The molecule has 2 unspecified atom stereocenters. The highest BCUT2D eigenvalue weighted by molar-refractivity contribution is 5.20. The van der Waals surface area contributed by atoms with Crippen LogP contribution in [-0.2, 0) is 0 Å². The highest BCUT2D eigenvalue weighted by Crippen LogP contribution is 2.36. The van der Waals surface area contributed by atoms with E-state index in [9.17, 15) is 13.2 Å². The summed E-state index contributed by atoms with van der Waals surface area (Å²) in [6, 6.07) is 0. The fourth-order valence-electron chi connectivity index (χ4n) is 1.21. The molecule has 0 heterocycles. The maximum atomic E-state index is 12.2. The molecular formula is C8H9F3O. The quantitative estimate of drug-likeness (QED) is 0.604. The second kappa shape index (κ2) is 2.84. The summed E-state index contributed by atoms with van der Waals surface area (Å²) in [4.78, 5) is 0. The van der Waals surface area contributed by atoms with Crippen molar-refractivity contribution in [2.45, 2.75) is 13.1 Å². The van der Waals surface area contributed by atoms with Crippen molar-refractivity contribution >= 4 is 0 Å². The van der Waals surface area contributed by atoms with E-state index in [0.717, 1.165) is 12.2 Å². The van der Waals surface area contributed by atoms with Gasteiger partial charge >= 0.3 is 6.18 Å². The molecule has 0 fully saturated rings. The van der Waals surface area contributed by atoms with Crippen molar-refractivity contribution in [3.63, 3.8) is 0 Å². The molecule has 4 heteroatoms. The fraction of sp³-hybridized carbons (Fsp3) is 0.500. The van der Waals surface area contributed by atoms with Crippen molar-refractivity contribution in [3.05, 3.63) is 24.0 Å². The first-order valence-electron chi connectivity index (χ1n) is 3.57. The summed E-state index contributed by atoms with van der Waals surface area (Å²) in [7, 11) is 0. The standard InChI is InChI=1S/C8H9F3O/c1-5-4-6(12)2-3-7(5)8(9,10)11/h2-5,7,12H,1H3. The SMILES string of the molecule is CC1C=C(O)C=CC1C(F)(F)F. The molecule has 0 aliphatic heterocycles. The van der Waals surface area contributed by atoms with Gasteiger partial charge in [0.25, 0.3) is 0 Å². The van der Waals surface area contributed by atoms with Crippen molar-refractivity contribution in [2.24, 2.45) is 11.8 Å². The first kappa shape index (κ1) is 9.16. The maximum Gasteiger partial charge on any atom is 0.395 e. The lowest BCUT2D eigenvalue weighted by molar-refractivity contribution is -0.169. The highest BCUT2D eigenvalue weighted by Gasteiger charge is 2.41. The Hall–Kier alpha value is -0.930. The molecule has 12 heavy (non-hydrogen) atoms. The molecule has 0 aromatic carbocycles. The molecule has 2 atom stereocenters. The monoisotopic (exact) mass is 178 g/mol. The Bertz CT molecular complexity index is 227. The number of aliphatic hydroxyl groups excluding tert-OH is 1. The maximum absolute atomic E-state index is 12.2. The molecule has 0 radical (unpaired) electrons. The Morgan fingerprint density at radius 3 is 2.42 bits per heavy atom. The minimum absolute atomic E-state index is 0.0944. The third-order valence-corrected chi connectivity index (χ3v) is 1.85. The fourth-order valence-corrected chi connectivity index (χ4v) is 1.21. The lowest BCUT2D eigenvalue weighted by atomic mass is 9.89. The highest BCUT2D eigenvalue weighted by atomic mass is 19.4. The molecule has 0 bridgehead atoms. The smallest absolute Gasteiger partial charge is 0.395 e. The van der Waals surface area contributed by atoms with Gasteiger partial charge in [0, 0.05) is 0 Å². The lowest BCUT2D eigenvalue weighted by Crippen LogP contribution is -2.27. The van der Waals surface area contributed by atoms with E-state index in [2.05, 4.69) is 0 Å². The third-order valence-electron chi connectivity index (χ3n) is 1.85. The number of hydrogen-bond acceptors (Lipinski definition) is 1. The Balaban J connectivity index is 2.80. The van der Waals surface area contributed by atoms with E-state index in [1.807, 2.05) is 0 Å². The summed E-state index contributed by atoms with van der Waals surface area (Å²) in [5.41, 5.74) is 0. The number of aliphatic hydroxyl groups is 1. The van der Waals surface area contributed by atoms with Crippen molar-refractivity contribution < 1.29 is 18.3 Å². The van der Waals surface area contributed by atoms with Crippen LogP contribution >= 0.6 is 0 Å². The summed E-state index contributed by atoms with van der Waals surface area (Å²) in [5, 5.41) is 8.87. The Morgan fingerprint density at radius 2 is 2.00 bits per heavy atom. The Morgan fingerprint density at radius 1 is 1.42 bits per heavy atom. The zero-order valence-corrected chi connectivity index (χ0v) is 6.47. The van der Waals surface area contributed by atoms with Gasteiger partial charge in [0.15, 0.2) is 0 Å². The van der Waals surface area contributed by atoms with Crippen LogP contribution < -0.4 is 0 Å². The number of rotatable bonds is 0. The second-order valence-corrected chi connectivity index (χ2v) is 2.88. The Labute approximate surface area is 68.2 Å². The van der Waals surface area contributed by atoms with Crippen molar-refractivity contribution in [2.75, 3.05) is 0 Å². The zero-order valence-electron chi connectivity index (χ0n) is 6.47. The van der Waals surface area contributed by atoms with E-state index >= 15 is 0 Å². The van der Waals surface area contributed by atoms with E-state index in [-0.39, 0.29) is 5.76 Å². The lowest BCUT2D eigenvalue weighted by Gasteiger charge is -2.23. The molecule has 1 rings (SSSR count). The minimum atomic E-state index is -4.22. The summed E-state index contributed by atoms with van der Waals surface area (Å²) in [6.45, 7) is 1.43. The van der Waals surface area contributed by atoms with Crippen LogP contribution in [0.15, 0.2) is 24.0 Å². The van der Waals surface area contributed by atoms with Gasteiger partial charge in [-0.05, 0) is 18.1 Å². The van der Waals surface area contributed by atoms with Crippen molar-refractivity contribution in [1.29, 1.82) is 0 Å². The average Bonchev–Trinajstić information content (AvgIpc) is 1.83. The van der Waals surface area contributed by atoms with Crippen molar-refractivity contribution in [3.8, 4) is 0 Å². The molecule has 0 amide bonds. The first-order chi connectivity index (χ1) is 5.41. The summed E-state index contributed by atoms with van der Waals surface area (Å²) in [5.74, 6) is -2.24. The van der Waals surface area contributed by atoms with Gasteiger partial charge in [-0.25, -0.2) is 0 Å². The van der Waals surface area contributed by atoms with Crippen LogP contribution in [0.5, 0.6) is 0 Å². The van der Waals surface area contributed by atoms with E-state index in [1.54, 1.807) is 0 Å². The molecule has 1 aliphatic rings. The molecule has 68 valence electrons. The Kier molecular flexibility index (Phi) is 2.17. The van der Waals surface area contributed by atoms with Gasteiger partial charge < -0.3 is 5.11 Å². The number of alkyl halides is 3. The summed E-state index contributed by atoms with van der Waals surface area (Å²) >= 11 is 0. The largest absolute Gasteiger partial charge is 0.508 e. The van der Waals surface area contributed by atoms with Crippen LogP contribution in [-0.4, -0.2) is 11.3 Å². The van der Waals surface area contributed by atoms with Gasteiger partial charge in [-0.2, -0.15) is 13.2 Å².